The summed E-state index contributed by atoms with van der Waals surface area (Å²) >= 11 is 0. The molecular weight excluding hydrogens is 344 g/mol. The van der Waals surface area contributed by atoms with E-state index >= 15 is 0 Å². The summed E-state index contributed by atoms with van der Waals surface area (Å²) in [5.41, 5.74) is 13.1. The minimum absolute atomic E-state index is 0.350. The quantitative estimate of drug-likeness (QED) is 0.301. The number of aromatic nitrogens is 3. The van der Waals surface area contributed by atoms with Crippen LogP contribution in [0.25, 0.3) is 0 Å². The van der Waals surface area contributed by atoms with Crippen LogP contribution >= 0.6 is 0 Å². The number of anilines is 2. The Morgan fingerprint density at radius 1 is 1.37 bits per heavy atom. The Morgan fingerprint density at radius 2 is 2.19 bits per heavy atom. The number of rotatable bonds is 9. The predicted molar refractivity (Wildman–Crippen MR) is 106 cm³/mol. The number of nitrogen functional groups attached to an aromatic ring is 1. The lowest BCUT2D eigenvalue weighted by Crippen LogP contribution is -2.37. The Hall–Kier alpha value is -2.68. The van der Waals surface area contributed by atoms with Gasteiger partial charge in [0.25, 0.3) is 0 Å². The van der Waals surface area contributed by atoms with Gasteiger partial charge in [-0.25, -0.2) is 10.4 Å². The van der Waals surface area contributed by atoms with Crippen LogP contribution < -0.4 is 21.9 Å². The molecular formula is C18H28N8O. The molecule has 27 heavy (non-hydrogen) atoms. The summed E-state index contributed by atoms with van der Waals surface area (Å²) in [4.78, 5) is 13.0. The van der Waals surface area contributed by atoms with Crippen molar-refractivity contribution in [3.8, 4) is 0 Å². The zero-order chi connectivity index (χ0) is 19.2. The van der Waals surface area contributed by atoms with Gasteiger partial charge in [0.1, 0.15) is 11.7 Å². The highest BCUT2D eigenvalue weighted by Gasteiger charge is 2.20. The van der Waals surface area contributed by atoms with E-state index in [9.17, 15) is 0 Å². The van der Waals surface area contributed by atoms with Crippen molar-refractivity contribution in [2.75, 3.05) is 17.6 Å². The van der Waals surface area contributed by atoms with Crippen LogP contribution in [0.4, 0.5) is 17.6 Å². The first kappa shape index (κ1) is 19.1. The predicted octanol–water partition coefficient (Wildman–Crippen LogP) is 2.73. The molecule has 0 bridgehead atoms. The van der Waals surface area contributed by atoms with E-state index < -0.39 is 0 Å². The molecule has 5 N–H and O–H groups in total. The highest BCUT2D eigenvalue weighted by Crippen LogP contribution is 2.27. The number of nitrogens with one attached hydrogen (secondary N) is 3. The van der Waals surface area contributed by atoms with E-state index in [4.69, 9.17) is 10.3 Å². The van der Waals surface area contributed by atoms with Crippen LogP contribution in [-0.4, -0.2) is 27.5 Å². The van der Waals surface area contributed by atoms with Gasteiger partial charge in [0, 0.05) is 24.6 Å². The van der Waals surface area contributed by atoms with Crippen LogP contribution in [0.15, 0.2) is 21.6 Å². The molecule has 3 rings (SSSR count). The third kappa shape index (κ3) is 5.92. The van der Waals surface area contributed by atoms with Crippen molar-refractivity contribution >= 4 is 23.4 Å². The van der Waals surface area contributed by atoms with Crippen LogP contribution in [0.2, 0.25) is 0 Å². The van der Waals surface area contributed by atoms with Crippen molar-refractivity contribution in [1.82, 2.24) is 26.0 Å². The molecule has 2 aromatic heterocycles. The van der Waals surface area contributed by atoms with Gasteiger partial charge in [0.05, 0.1) is 12.2 Å². The molecule has 0 spiro atoms. The molecule has 9 heteroatoms. The third-order valence-electron chi connectivity index (χ3n) is 4.49. The largest absolute Gasteiger partial charge is 0.383 e. The second-order valence-electron chi connectivity index (χ2n) is 7.00. The zero-order valence-electron chi connectivity index (χ0n) is 16.1. The van der Waals surface area contributed by atoms with E-state index in [1.807, 2.05) is 13.0 Å². The maximum atomic E-state index is 5.88. The molecule has 1 aliphatic carbocycles. The molecule has 1 unspecified atom stereocenters. The summed E-state index contributed by atoms with van der Waals surface area (Å²) < 4.78 is 5.36. The molecule has 9 nitrogen and oxygen atoms in total. The molecule has 1 aliphatic rings. The fraction of sp³-hybridized carbons (Fsp3) is 0.556. The smallest absolute Gasteiger partial charge is 0.227 e. The van der Waals surface area contributed by atoms with Gasteiger partial charge in [-0.1, -0.05) is 19.0 Å². The lowest BCUT2D eigenvalue weighted by Gasteiger charge is -2.08. The molecule has 146 valence electrons. The van der Waals surface area contributed by atoms with Gasteiger partial charge in [-0.15, -0.1) is 0 Å². The number of nitrogens with two attached hydrogens (primary N) is 1. The fourth-order valence-electron chi connectivity index (χ4n) is 2.45. The van der Waals surface area contributed by atoms with Gasteiger partial charge < -0.3 is 21.0 Å². The van der Waals surface area contributed by atoms with E-state index in [-0.39, 0.29) is 0 Å². The van der Waals surface area contributed by atoms with Crippen LogP contribution in [-0.2, 0) is 6.54 Å². The van der Waals surface area contributed by atoms with Crippen molar-refractivity contribution < 1.29 is 4.52 Å². The van der Waals surface area contributed by atoms with Crippen molar-refractivity contribution in [3.63, 3.8) is 0 Å². The van der Waals surface area contributed by atoms with Gasteiger partial charge in [0.15, 0.2) is 11.6 Å². The zero-order valence-corrected chi connectivity index (χ0v) is 16.1. The molecule has 0 radical (unpaired) electrons. The van der Waals surface area contributed by atoms with Gasteiger partial charge >= 0.3 is 0 Å². The highest BCUT2D eigenvalue weighted by molar-refractivity contribution is 5.81. The van der Waals surface area contributed by atoms with Crippen molar-refractivity contribution in [1.29, 1.82) is 0 Å². The maximum absolute atomic E-state index is 5.88. The van der Waals surface area contributed by atoms with E-state index in [1.165, 1.54) is 12.8 Å². The molecule has 0 saturated heterocycles. The Morgan fingerprint density at radius 3 is 2.93 bits per heavy atom. The maximum Gasteiger partial charge on any atom is 0.227 e. The second-order valence-corrected chi connectivity index (χ2v) is 7.00. The van der Waals surface area contributed by atoms with Crippen LogP contribution in [0, 0.1) is 5.92 Å². The topological polar surface area (TPSA) is 126 Å². The average Bonchev–Trinajstić information content (AvgIpc) is 3.33. The van der Waals surface area contributed by atoms with Crippen LogP contribution in [0.1, 0.15) is 57.4 Å². The summed E-state index contributed by atoms with van der Waals surface area (Å²) in [6, 6.07) is 3.58. The summed E-state index contributed by atoms with van der Waals surface area (Å²) in [6.45, 7) is 7.49. The van der Waals surface area contributed by atoms with E-state index in [0.29, 0.717) is 35.9 Å². The first-order valence-corrected chi connectivity index (χ1v) is 9.41. The first-order valence-electron chi connectivity index (χ1n) is 9.41. The van der Waals surface area contributed by atoms with E-state index in [2.05, 4.69) is 50.1 Å². The van der Waals surface area contributed by atoms with Crippen LogP contribution in [0.3, 0.4) is 0 Å². The minimum atomic E-state index is 0.350. The molecule has 1 fully saturated rings. The molecule has 2 aromatic rings. The van der Waals surface area contributed by atoms with Gasteiger partial charge in [0.2, 0.25) is 5.95 Å². The number of hydrazine groups is 1. The fourth-order valence-corrected chi connectivity index (χ4v) is 2.45. The molecule has 0 aliphatic heterocycles. The Bertz CT molecular complexity index is 783. The summed E-state index contributed by atoms with van der Waals surface area (Å²) in [5.74, 6) is 3.83. The van der Waals surface area contributed by atoms with Gasteiger partial charge in [-0.3, -0.25) is 0 Å². The van der Waals surface area contributed by atoms with E-state index in [1.54, 1.807) is 6.07 Å². The standard InChI is InChI=1S/C18H28N8O/c1-4-11(2)15-7-14(27-26-15)10-20-18-23-16(19)8-17(24-18)22-12(3)25-21-9-13-5-6-13/h7-8,11,13,21H,4-6,9-10H2,1-3H3,(H4,19,20,22,23,24,25). The summed E-state index contributed by atoms with van der Waals surface area (Å²) in [6.07, 6.45) is 3.61. The SMILES string of the molecule is CCC(C)c1cc(CNc2nc(N)cc(N=C(C)NNCC3CC3)n2)on1. The molecule has 2 heterocycles. The lowest BCUT2D eigenvalue weighted by atomic mass is 10.1. The molecule has 1 atom stereocenters. The number of hydrogen-bond acceptors (Lipinski definition) is 8. The van der Waals surface area contributed by atoms with Crippen molar-refractivity contribution in [3.05, 3.63) is 23.6 Å². The van der Waals surface area contributed by atoms with Gasteiger partial charge in [-0.05, 0) is 32.1 Å². The number of aliphatic imine (C=N–C) groups is 1. The highest BCUT2D eigenvalue weighted by atomic mass is 16.5. The van der Waals surface area contributed by atoms with Gasteiger partial charge in [-0.2, -0.15) is 9.97 Å². The number of hydrogen-bond donors (Lipinski definition) is 4. The second kappa shape index (κ2) is 8.81. The van der Waals surface area contributed by atoms with Crippen molar-refractivity contribution in [2.45, 2.75) is 52.5 Å². The molecule has 0 amide bonds. The minimum Gasteiger partial charge on any atom is -0.383 e. The normalized spacial score (nSPS) is 15.6. The average molecular weight is 372 g/mol. The van der Waals surface area contributed by atoms with E-state index in [0.717, 1.165) is 30.3 Å². The molecule has 1 saturated carbocycles. The summed E-state index contributed by atoms with van der Waals surface area (Å²) in [7, 11) is 0. The van der Waals surface area contributed by atoms with Crippen LogP contribution in [0.5, 0.6) is 0 Å². The Labute approximate surface area is 159 Å². The summed E-state index contributed by atoms with van der Waals surface area (Å²) in [5, 5.41) is 7.21. The molecule has 0 aromatic carbocycles. The third-order valence-corrected chi connectivity index (χ3v) is 4.49. The first-order chi connectivity index (χ1) is 13.0. The monoisotopic (exact) mass is 372 g/mol. The number of nitrogens with zero attached hydrogens (tertiary/aromatic N) is 4. The number of amidine groups is 1. The Balaban J connectivity index is 1.58. The van der Waals surface area contributed by atoms with Crippen molar-refractivity contribution in [2.24, 2.45) is 10.9 Å². The lowest BCUT2D eigenvalue weighted by molar-refractivity contribution is 0.377. The Kier molecular flexibility index (Phi) is 6.23.